The smallest absolute Gasteiger partial charge is 0.391 e. The number of halogens is 4. The molecule has 0 saturated heterocycles. The Morgan fingerprint density at radius 2 is 1.89 bits per heavy atom. The first-order chi connectivity index (χ1) is 8.45. The topological polar surface area (TPSA) is 38.1 Å². The third-order valence-corrected chi connectivity index (χ3v) is 3.69. The summed E-state index contributed by atoms with van der Waals surface area (Å²) in [5, 5.41) is 12.5. The van der Waals surface area contributed by atoms with Gasteiger partial charge >= 0.3 is 6.18 Å². The van der Waals surface area contributed by atoms with Gasteiger partial charge in [0.2, 0.25) is 0 Å². The first-order valence-corrected chi connectivity index (χ1v) is 6.28. The molecule has 0 bridgehead atoms. The lowest BCUT2D eigenvalue weighted by molar-refractivity contribution is -0.142. The molecule has 18 heavy (non-hydrogen) atoms. The van der Waals surface area contributed by atoms with Crippen LogP contribution < -0.4 is 0 Å². The molecule has 0 radical (unpaired) electrons. The number of hydrogen-bond acceptors (Lipinski definition) is 2. The van der Waals surface area contributed by atoms with Gasteiger partial charge in [0, 0.05) is 5.56 Å². The van der Waals surface area contributed by atoms with Crippen LogP contribution in [0.15, 0.2) is 0 Å². The van der Waals surface area contributed by atoms with Crippen molar-refractivity contribution in [2.45, 2.75) is 50.9 Å². The highest BCUT2D eigenvalue weighted by Gasteiger charge is 2.39. The van der Waals surface area contributed by atoms with Gasteiger partial charge in [-0.2, -0.15) is 18.3 Å². The quantitative estimate of drug-likeness (QED) is 0.901. The molecule has 0 aromatic carbocycles. The zero-order valence-corrected chi connectivity index (χ0v) is 10.4. The highest BCUT2D eigenvalue weighted by atomic mass is 35.5. The van der Waals surface area contributed by atoms with Crippen molar-refractivity contribution in [1.82, 2.24) is 9.78 Å². The minimum Gasteiger partial charge on any atom is -0.391 e. The first kappa shape index (κ1) is 13.7. The Labute approximate surface area is 108 Å². The van der Waals surface area contributed by atoms with Gasteiger partial charge in [0.05, 0.1) is 12.6 Å². The predicted octanol–water partition coefficient (Wildman–Crippen LogP) is 3.55. The molecule has 1 aromatic heterocycles. The van der Waals surface area contributed by atoms with Crippen molar-refractivity contribution in [3.63, 3.8) is 0 Å². The van der Waals surface area contributed by atoms with Gasteiger partial charge < -0.3 is 5.11 Å². The second-order valence-corrected chi connectivity index (χ2v) is 4.87. The average molecular weight is 283 g/mol. The maximum absolute atomic E-state index is 12.8. The summed E-state index contributed by atoms with van der Waals surface area (Å²) < 4.78 is 39.5. The van der Waals surface area contributed by atoms with E-state index in [2.05, 4.69) is 5.10 Å². The highest BCUT2D eigenvalue weighted by molar-refractivity contribution is 6.30. The van der Waals surface area contributed by atoms with E-state index >= 15 is 0 Å². The molecule has 0 spiro atoms. The Balaban J connectivity index is 2.39. The summed E-state index contributed by atoms with van der Waals surface area (Å²) >= 11 is 5.91. The summed E-state index contributed by atoms with van der Waals surface area (Å²) in [7, 11) is 0. The van der Waals surface area contributed by atoms with Crippen molar-refractivity contribution in [1.29, 1.82) is 0 Å². The minimum atomic E-state index is -4.58. The summed E-state index contributed by atoms with van der Waals surface area (Å²) in [5.74, 6) is 0. The molecule has 0 aliphatic heterocycles. The van der Waals surface area contributed by atoms with E-state index in [0.29, 0.717) is 0 Å². The number of rotatable bonds is 2. The van der Waals surface area contributed by atoms with Gasteiger partial charge in [-0.3, -0.25) is 0 Å². The highest BCUT2D eigenvalue weighted by Crippen LogP contribution is 2.38. The lowest BCUT2D eigenvalue weighted by Gasteiger charge is -2.22. The van der Waals surface area contributed by atoms with Crippen molar-refractivity contribution in [2.24, 2.45) is 0 Å². The van der Waals surface area contributed by atoms with Crippen LogP contribution in [0.25, 0.3) is 0 Å². The Bertz CT molecular complexity index is 425. The number of aromatic nitrogens is 2. The maximum Gasteiger partial charge on any atom is 0.435 e. The van der Waals surface area contributed by atoms with Crippen molar-refractivity contribution in [3.8, 4) is 0 Å². The molecular weight excluding hydrogens is 269 g/mol. The van der Waals surface area contributed by atoms with Gasteiger partial charge in [-0.1, -0.05) is 30.9 Å². The maximum atomic E-state index is 12.8. The van der Waals surface area contributed by atoms with Gasteiger partial charge in [-0.15, -0.1) is 0 Å². The van der Waals surface area contributed by atoms with E-state index < -0.39 is 18.5 Å². The minimum absolute atomic E-state index is 0.0864. The molecule has 2 rings (SSSR count). The molecule has 1 heterocycles. The Hall–Kier alpha value is -0.750. The van der Waals surface area contributed by atoms with Crippen molar-refractivity contribution < 1.29 is 18.3 Å². The number of alkyl halides is 3. The summed E-state index contributed by atoms with van der Waals surface area (Å²) in [6.45, 7) is -0.750. The number of aliphatic hydroxyl groups excluding tert-OH is 1. The van der Waals surface area contributed by atoms with Gasteiger partial charge in [-0.05, 0) is 12.8 Å². The lowest BCUT2D eigenvalue weighted by atomic mass is 9.96. The van der Waals surface area contributed by atoms with E-state index in [1.54, 1.807) is 0 Å². The molecule has 1 fully saturated rings. The number of hydrogen-bond donors (Lipinski definition) is 1. The standard InChI is InChI=1S/C11H14ClF3N2O/c12-10-8(6-18)9(11(13,14)15)16-17(10)7-4-2-1-3-5-7/h7,18H,1-6H2. The summed E-state index contributed by atoms with van der Waals surface area (Å²) in [6, 6.07) is -0.0901. The van der Waals surface area contributed by atoms with Crippen molar-refractivity contribution >= 4 is 11.6 Å². The summed E-state index contributed by atoms with van der Waals surface area (Å²) in [6.07, 6.45) is 0.0104. The van der Waals surface area contributed by atoms with Crippen LogP contribution in [-0.2, 0) is 12.8 Å². The molecule has 3 nitrogen and oxygen atoms in total. The van der Waals surface area contributed by atoms with Crippen LogP contribution in [0.5, 0.6) is 0 Å². The molecule has 1 aliphatic carbocycles. The zero-order chi connectivity index (χ0) is 13.3. The van der Waals surface area contributed by atoms with Crippen LogP contribution in [-0.4, -0.2) is 14.9 Å². The molecule has 0 amide bonds. The molecule has 0 atom stereocenters. The monoisotopic (exact) mass is 282 g/mol. The largest absolute Gasteiger partial charge is 0.435 e. The van der Waals surface area contributed by atoms with Crippen molar-refractivity contribution in [3.05, 3.63) is 16.4 Å². The van der Waals surface area contributed by atoms with E-state index in [1.165, 1.54) is 4.68 Å². The summed E-state index contributed by atoms with van der Waals surface area (Å²) in [5.41, 5.74) is -1.39. The van der Waals surface area contributed by atoms with E-state index in [-0.39, 0.29) is 16.8 Å². The second kappa shape index (κ2) is 5.09. The molecule has 7 heteroatoms. The van der Waals surface area contributed by atoms with Gasteiger partial charge in [-0.25, -0.2) is 4.68 Å². The molecule has 102 valence electrons. The third-order valence-electron chi connectivity index (χ3n) is 3.29. The molecule has 1 aromatic rings. The predicted molar refractivity (Wildman–Crippen MR) is 60.3 cm³/mol. The molecule has 1 N–H and O–H groups in total. The van der Waals surface area contributed by atoms with Gasteiger partial charge in [0.1, 0.15) is 5.15 Å². The third kappa shape index (κ3) is 2.49. The molecule has 1 saturated carbocycles. The van der Waals surface area contributed by atoms with Gasteiger partial charge in [0.15, 0.2) is 5.69 Å². The second-order valence-electron chi connectivity index (χ2n) is 4.51. The number of aliphatic hydroxyl groups is 1. The van der Waals surface area contributed by atoms with E-state index in [4.69, 9.17) is 16.7 Å². The molecule has 0 unspecified atom stereocenters. The lowest BCUT2D eigenvalue weighted by Crippen LogP contribution is -2.15. The fourth-order valence-corrected chi connectivity index (χ4v) is 2.71. The van der Waals surface area contributed by atoms with Gasteiger partial charge in [0.25, 0.3) is 0 Å². The van der Waals surface area contributed by atoms with Crippen LogP contribution in [0, 0.1) is 0 Å². The van der Waals surface area contributed by atoms with Crippen LogP contribution in [0.3, 0.4) is 0 Å². The SMILES string of the molecule is OCc1c(C(F)(F)F)nn(C2CCCCC2)c1Cl. The van der Waals surface area contributed by atoms with Crippen LogP contribution >= 0.6 is 11.6 Å². The molecule has 1 aliphatic rings. The van der Waals surface area contributed by atoms with Crippen LogP contribution in [0.4, 0.5) is 13.2 Å². The Kier molecular flexibility index (Phi) is 3.87. The fraction of sp³-hybridized carbons (Fsp3) is 0.727. The number of nitrogens with zero attached hydrogens (tertiary/aromatic N) is 2. The van der Waals surface area contributed by atoms with E-state index in [0.717, 1.165) is 32.1 Å². The Morgan fingerprint density at radius 1 is 1.28 bits per heavy atom. The van der Waals surface area contributed by atoms with Crippen LogP contribution in [0.2, 0.25) is 5.15 Å². The Morgan fingerprint density at radius 3 is 2.33 bits per heavy atom. The normalized spacial score (nSPS) is 18.3. The van der Waals surface area contributed by atoms with Crippen molar-refractivity contribution in [2.75, 3.05) is 0 Å². The summed E-state index contributed by atoms with van der Waals surface area (Å²) in [4.78, 5) is 0. The van der Waals surface area contributed by atoms with E-state index in [1.807, 2.05) is 0 Å². The average Bonchev–Trinajstić information content (AvgIpc) is 2.67. The zero-order valence-electron chi connectivity index (χ0n) is 9.67. The van der Waals surface area contributed by atoms with E-state index in [9.17, 15) is 13.2 Å². The first-order valence-electron chi connectivity index (χ1n) is 5.90. The fourth-order valence-electron chi connectivity index (χ4n) is 2.38. The molecular formula is C11H14ClF3N2O. The van der Waals surface area contributed by atoms with Crippen LogP contribution in [0.1, 0.15) is 49.4 Å².